The smallest absolute Gasteiger partial charge is 0.191 e. The van der Waals surface area contributed by atoms with Gasteiger partial charge < -0.3 is 15.4 Å². The average Bonchev–Trinajstić information content (AvgIpc) is 2.56. The van der Waals surface area contributed by atoms with Gasteiger partial charge in [0.25, 0.3) is 0 Å². The minimum Gasteiger partial charge on any atom is -0.379 e. The first kappa shape index (κ1) is 17.0. The van der Waals surface area contributed by atoms with E-state index < -0.39 is 0 Å². The maximum absolute atomic E-state index is 5.77. The van der Waals surface area contributed by atoms with E-state index in [9.17, 15) is 0 Å². The van der Waals surface area contributed by atoms with Crippen molar-refractivity contribution in [2.75, 3.05) is 53.0 Å². The molecule has 1 aliphatic heterocycles. The standard InChI is InChI=1S/C15H24ClN5O/c1-17-15(19-6-7-21-8-10-22-11-9-21)18-5-4-13-2-3-14(16)20-12-13/h2-3,12H,4-11H2,1H3,(H2,17,18,19). The van der Waals surface area contributed by atoms with Crippen molar-refractivity contribution in [3.63, 3.8) is 0 Å². The molecule has 0 spiro atoms. The molecule has 0 atom stereocenters. The minimum absolute atomic E-state index is 0.525. The lowest BCUT2D eigenvalue weighted by molar-refractivity contribution is 0.0389. The molecule has 2 rings (SSSR count). The molecule has 122 valence electrons. The van der Waals surface area contributed by atoms with Gasteiger partial charge in [-0.1, -0.05) is 17.7 Å². The maximum Gasteiger partial charge on any atom is 0.191 e. The van der Waals surface area contributed by atoms with Crippen LogP contribution in [-0.2, 0) is 11.2 Å². The zero-order chi connectivity index (χ0) is 15.6. The molecule has 0 unspecified atom stereocenters. The molecule has 0 radical (unpaired) electrons. The second-order valence-corrected chi connectivity index (χ2v) is 5.51. The van der Waals surface area contributed by atoms with Crippen LogP contribution >= 0.6 is 11.6 Å². The minimum atomic E-state index is 0.525. The van der Waals surface area contributed by atoms with E-state index in [1.54, 1.807) is 13.2 Å². The van der Waals surface area contributed by atoms with Crippen LogP contribution in [0.5, 0.6) is 0 Å². The molecule has 1 saturated heterocycles. The summed E-state index contributed by atoms with van der Waals surface area (Å²) in [5, 5.41) is 7.16. The molecule has 0 amide bonds. The summed E-state index contributed by atoms with van der Waals surface area (Å²) in [6.07, 6.45) is 2.69. The van der Waals surface area contributed by atoms with Crippen molar-refractivity contribution in [1.29, 1.82) is 0 Å². The van der Waals surface area contributed by atoms with E-state index in [1.165, 1.54) is 0 Å². The first-order valence-corrected chi connectivity index (χ1v) is 8.01. The highest BCUT2D eigenvalue weighted by atomic mass is 35.5. The Hall–Kier alpha value is -1.37. The lowest BCUT2D eigenvalue weighted by Crippen LogP contribution is -2.44. The fourth-order valence-corrected chi connectivity index (χ4v) is 2.37. The topological polar surface area (TPSA) is 61.8 Å². The first-order chi connectivity index (χ1) is 10.8. The van der Waals surface area contributed by atoms with Crippen molar-refractivity contribution in [3.8, 4) is 0 Å². The van der Waals surface area contributed by atoms with E-state index in [-0.39, 0.29) is 0 Å². The summed E-state index contributed by atoms with van der Waals surface area (Å²) in [5.74, 6) is 0.829. The number of aliphatic imine (C=N–C) groups is 1. The summed E-state index contributed by atoms with van der Waals surface area (Å²) in [7, 11) is 1.79. The average molecular weight is 326 g/mol. The van der Waals surface area contributed by atoms with Gasteiger partial charge in [0, 0.05) is 46.0 Å². The highest BCUT2D eigenvalue weighted by molar-refractivity contribution is 6.29. The first-order valence-electron chi connectivity index (χ1n) is 7.63. The molecular weight excluding hydrogens is 302 g/mol. The number of hydrogen-bond acceptors (Lipinski definition) is 4. The fraction of sp³-hybridized carbons (Fsp3) is 0.600. The molecule has 2 heterocycles. The summed E-state index contributed by atoms with van der Waals surface area (Å²) in [6, 6.07) is 3.80. The highest BCUT2D eigenvalue weighted by Crippen LogP contribution is 2.05. The second kappa shape index (κ2) is 9.61. The number of halogens is 1. The zero-order valence-electron chi connectivity index (χ0n) is 13.0. The molecule has 0 aromatic carbocycles. The van der Waals surface area contributed by atoms with Crippen LogP contribution < -0.4 is 10.6 Å². The predicted molar refractivity (Wildman–Crippen MR) is 89.6 cm³/mol. The molecule has 2 N–H and O–H groups in total. The van der Waals surface area contributed by atoms with E-state index in [0.717, 1.165) is 63.9 Å². The monoisotopic (exact) mass is 325 g/mol. The summed E-state index contributed by atoms with van der Waals surface area (Å²) in [5.41, 5.74) is 1.15. The van der Waals surface area contributed by atoms with Crippen molar-refractivity contribution >= 4 is 17.6 Å². The Balaban J connectivity index is 1.61. The van der Waals surface area contributed by atoms with Crippen molar-refractivity contribution in [3.05, 3.63) is 29.0 Å². The molecule has 0 aliphatic carbocycles. The van der Waals surface area contributed by atoms with Gasteiger partial charge in [0.15, 0.2) is 5.96 Å². The largest absolute Gasteiger partial charge is 0.379 e. The summed E-state index contributed by atoms with van der Waals surface area (Å²) in [6.45, 7) is 6.38. The third-order valence-electron chi connectivity index (χ3n) is 3.54. The van der Waals surface area contributed by atoms with E-state index in [2.05, 4.69) is 25.5 Å². The van der Waals surface area contributed by atoms with Crippen molar-refractivity contribution in [2.24, 2.45) is 4.99 Å². The van der Waals surface area contributed by atoms with Crippen LogP contribution in [0.3, 0.4) is 0 Å². The number of morpholine rings is 1. The van der Waals surface area contributed by atoms with Crippen LogP contribution in [0.25, 0.3) is 0 Å². The van der Waals surface area contributed by atoms with E-state index in [4.69, 9.17) is 16.3 Å². The van der Waals surface area contributed by atoms with Gasteiger partial charge in [-0.2, -0.15) is 0 Å². The van der Waals surface area contributed by atoms with Crippen LogP contribution in [0.1, 0.15) is 5.56 Å². The van der Waals surface area contributed by atoms with Crippen LogP contribution in [0.4, 0.5) is 0 Å². The number of hydrogen-bond donors (Lipinski definition) is 2. The van der Waals surface area contributed by atoms with Crippen molar-refractivity contribution in [2.45, 2.75) is 6.42 Å². The molecule has 0 bridgehead atoms. The van der Waals surface area contributed by atoms with E-state index >= 15 is 0 Å². The Labute approximate surface area is 136 Å². The number of aromatic nitrogens is 1. The van der Waals surface area contributed by atoms with Gasteiger partial charge in [0.05, 0.1) is 13.2 Å². The Kier molecular flexibility index (Phi) is 7.42. The molecule has 22 heavy (non-hydrogen) atoms. The molecule has 1 aromatic heterocycles. The lowest BCUT2D eigenvalue weighted by atomic mass is 10.2. The van der Waals surface area contributed by atoms with Gasteiger partial charge in [-0.05, 0) is 18.1 Å². The Morgan fingerprint density at radius 1 is 1.32 bits per heavy atom. The van der Waals surface area contributed by atoms with Gasteiger partial charge >= 0.3 is 0 Å². The summed E-state index contributed by atoms with van der Waals surface area (Å²) >= 11 is 5.77. The van der Waals surface area contributed by atoms with Crippen molar-refractivity contribution in [1.82, 2.24) is 20.5 Å². The SMILES string of the molecule is CN=C(NCCc1ccc(Cl)nc1)NCCN1CCOCC1. The normalized spacial score (nSPS) is 16.5. The van der Waals surface area contributed by atoms with Gasteiger partial charge in [0.1, 0.15) is 5.15 Å². The van der Waals surface area contributed by atoms with Gasteiger partial charge in [-0.15, -0.1) is 0 Å². The molecule has 7 heteroatoms. The summed E-state index contributed by atoms with van der Waals surface area (Å²) < 4.78 is 5.34. The number of ether oxygens (including phenoxy) is 1. The molecule has 0 saturated carbocycles. The number of guanidine groups is 1. The molecule has 1 fully saturated rings. The predicted octanol–water partition coefficient (Wildman–Crippen LogP) is 0.775. The second-order valence-electron chi connectivity index (χ2n) is 5.12. The Morgan fingerprint density at radius 3 is 2.77 bits per heavy atom. The van der Waals surface area contributed by atoms with Crippen LogP contribution in [0.2, 0.25) is 5.15 Å². The molecule has 1 aliphatic rings. The fourth-order valence-electron chi connectivity index (χ4n) is 2.26. The molecular formula is C15H24ClN5O. The Bertz CT molecular complexity index is 460. The lowest BCUT2D eigenvalue weighted by Gasteiger charge is -2.26. The van der Waals surface area contributed by atoms with Crippen molar-refractivity contribution < 1.29 is 4.74 Å². The molecule has 6 nitrogen and oxygen atoms in total. The van der Waals surface area contributed by atoms with E-state index in [1.807, 2.05) is 12.1 Å². The third-order valence-corrected chi connectivity index (χ3v) is 3.77. The zero-order valence-corrected chi connectivity index (χ0v) is 13.8. The van der Waals surface area contributed by atoms with Gasteiger partial charge in [-0.25, -0.2) is 4.98 Å². The number of pyridine rings is 1. The maximum atomic E-state index is 5.77. The summed E-state index contributed by atoms with van der Waals surface area (Å²) in [4.78, 5) is 10.7. The highest BCUT2D eigenvalue weighted by Gasteiger charge is 2.09. The van der Waals surface area contributed by atoms with Crippen LogP contribution in [0.15, 0.2) is 23.3 Å². The third kappa shape index (κ3) is 6.17. The van der Waals surface area contributed by atoms with E-state index in [0.29, 0.717) is 5.15 Å². The van der Waals surface area contributed by atoms with Crippen LogP contribution in [0, 0.1) is 0 Å². The number of rotatable bonds is 6. The quantitative estimate of drug-likeness (QED) is 0.460. The molecule has 1 aromatic rings. The van der Waals surface area contributed by atoms with Crippen LogP contribution in [-0.4, -0.2) is 68.8 Å². The van der Waals surface area contributed by atoms with Gasteiger partial charge in [0.2, 0.25) is 0 Å². The van der Waals surface area contributed by atoms with Gasteiger partial charge in [-0.3, -0.25) is 9.89 Å². The number of nitrogens with zero attached hydrogens (tertiary/aromatic N) is 3. The number of nitrogens with one attached hydrogen (secondary N) is 2. The Morgan fingerprint density at radius 2 is 2.09 bits per heavy atom.